The molecule has 2 aromatic rings. The number of para-hydroxylation sites is 2. The molecule has 1 saturated heterocycles. The summed E-state index contributed by atoms with van der Waals surface area (Å²) in [5, 5.41) is 12.8. The molecule has 1 amide bonds. The summed E-state index contributed by atoms with van der Waals surface area (Å²) in [7, 11) is 1.32. The van der Waals surface area contributed by atoms with Crippen molar-refractivity contribution in [2.24, 2.45) is 0 Å². The second-order valence-electron chi connectivity index (χ2n) is 7.08. The summed E-state index contributed by atoms with van der Waals surface area (Å²) in [6, 6.07) is 16.1. The SMILES string of the molecule is COC(=O)[C@H](Cc1ccccc1)NC(=O)CN1CCN(c2ccccc2O)CC1. The molecule has 0 unspecified atom stereocenters. The minimum atomic E-state index is -0.711. The first-order valence-corrected chi connectivity index (χ1v) is 9.73. The highest BCUT2D eigenvalue weighted by Crippen LogP contribution is 2.27. The Balaban J connectivity index is 1.51. The maximum absolute atomic E-state index is 12.5. The molecule has 1 aliphatic heterocycles. The van der Waals surface area contributed by atoms with Crippen LogP contribution in [0.3, 0.4) is 0 Å². The number of carbonyl (C=O) groups excluding carboxylic acids is 2. The Morgan fingerprint density at radius 3 is 2.34 bits per heavy atom. The van der Waals surface area contributed by atoms with E-state index in [1.807, 2.05) is 47.4 Å². The Labute approximate surface area is 170 Å². The van der Waals surface area contributed by atoms with Crippen LogP contribution in [0.1, 0.15) is 5.56 Å². The van der Waals surface area contributed by atoms with E-state index in [2.05, 4.69) is 10.2 Å². The predicted octanol–water partition coefficient (Wildman–Crippen LogP) is 1.41. The van der Waals surface area contributed by atoms with Crippen LogP contribution in [0.5, 0.6) is 5.75 Å². The van der Waals surface area contributed by atoms with Crippen molar-refractivity contribution in [2.75, 3.05) is 44.7 Å². The van der Waals surface area contributed by atoms with Gasteiger partial charge in [0.25, 0.3) is 0 Å². The first-order chi connectivity index (χ1) is 14.1. The van der Waals surface area contributed by atoms with Gasteiger partial charge in [-0.2, -0.15) is 0 Å². The van der Waals surface area contributed by atoms with Crippen molar-refractivity contribution < 1.29 is 19.4 Å². The summed E-state index contributed by atoms with van der Waals surface area (Å²) in [5.74, 6) is -0.389. The van der Waals surface area contributed by atoms with E-state index in [0.29, 0.717) is 19.5 Å². The van der Waals surface area contributed by atoms with Gasteiger partial charge in [-0.05, 0) is 17.7 Å². The maximum atomic E-state index is 12.5. The third-order valence-electron chi connectivity index (χ3n) is 5.07. The molecule has 0 aromatic heterocycles. The van der Waals surface area contributed by atoms with Crippen molar-refractivity contribution in [3.63, 3.8) is 0 Å². The number of nitrogens with one attached hydrogen (secondary N) is 1. The van der Waals surface area contributed by atoms with Crippen LogP contribution in [0.15, 0.2) is 54.6 Å². The highest BCUT2D eigenvalue weighted by Gasteiger charge is 2.25. The first-order valence-electron chi connectivity index (χ1n) is 9.73. The number of rotatable bonds is 7. The van der Waals surface area contributed by atoms with Gasteiger partial charge in [-0.25, -0.2) is 4.79 Å². The van der Waals surface area contributed by atoms with Crippen LogP contribution in [0, 0.1) is 0 Å². The quantitative estimate of drug-likeness (QED) is 0.688. The van der Waals surface area contributed by atoms with E-state index in [9.17, 15) is 14.7 Å². The number of amides is 1. The third kappa shape index (κ3) is 5.71. The van der Waals surface area contributed by atoms with Crippen molar-refractivity contribution in [1.82, 2.24) is 10.2 Å². The monoisotopic (exact) mass is 397 g/mol. The van der Waals surface area contributed by atoms with Gasteiger partial charge in [0, 0.05) is 32.6 Å². The number of hydrogen-bond acceptors (Lipinski definition) is 6. The summed E-state index contributed by atoms with van der Waals surface area (Å²) in [5.41, 5.74) is 1.77. The van der Waals surface area contributed by atoms with E-state index < -0.39 is 12.0 Å². The molecular weight excluding hydrogens is 370 g/mol. The van der Waals surface area contributed by atoms with Gasteiger partial charge in [0.2, 0.25) is 5.91 Å². The molecule has 0 saturated carbocycles. The molecule has 0 bridgehead atoms. The van der Waals surface area contributed by atoms with E-state index in [0.717, 1.165) is 24.3 Å². The molecule has 1 heterocycles. The molecule has 1 aliphatic rings. The molecule has 2 N–H and O–H groups in total. The van der Waals surface area contributed by atoms with Crippen LogP contribution in [-0.2, 0) is 20.7 Å². The molecule has 1 atom stereocenters. The van der Waals surface area contributed by atoms with Gasteiger partial charge >= 0.3 is 5.97 Å². The number of nitrogens with zero attached hydrogens (tertiary/aromatic N) is 2. The van der Waals surface area contributed by atoms with Crippen molar-refractivity contribution in [3.8, 4) is 5.75 Å². The summed E-state index contributed by atoms with van der Waals surface area (Å²) in [6.45, 7) is 3.05. The van der Waals surface area contributed by atoms with E-state index >= 15 is 0 Å². The van der Waals surface area contributed by atoms with E-state index in [-0.39, 0.29) is 18.2 Å². The number of hydrogen-bond donors (Lipinski definition) is 2. The fourth-order valence-corrected chi connectivity index (χ4v) is 3.51. The number of ether oxygens (including phenoxy) is 1. The van der Waals surface area contributed by atoms with Crippen LogP contribution >= 0.6 is 0 Å². The van der Waals surface area contributed by atoms with E-state index in [1.54, 1.807) is 12.1 Å². The van der Waals surface area contributed by atoms with Gasteiger partial charge in [0.15, 0.2) is 0 Å². The average Bonchev–Trinajstić information content (AvgIpc) is 2.74. The number of benzene rings is 2. The topological polar surface area (TPSA) is 82.1 Å². The Morgan fingerprint density at radius 2 is 1.69 bits per heavy atom. The molecular formula is C22H27N3O4. The van der Waals surface area contributed by atoms with E-state index in [4.69, 9.17) is 4.74 Å². The van der Waals surface area contributed by atoms with E-state index in [1.165, 1.54) is 7.11 Å². The van der Waals surface area contributed by atoms with Crippen molar-refractivity contribution in [2.45, 2.75) is 12.5 Å². The highest BCUT2D eigenvalue weighted by molar-refractivity contribution is 5.85. The fraction of sp³-hybridized carbons (Fsp3) is 0.364. The van der Waals surface area contributed by atoms with Gasteiger partial charge in [-0.1, -0.05) is 42.5 Å². The second-order valence-corrected chi connectivity index (χ2v) is 7.08. The second kappa shape index (κ2) is 9.93. The minimum Gasteiger partial charge on any atom is -0.506 e. The van der Waals surface area contributed by atoms with Crippen molar-refractivity contribution in [3.05, 3.63) is 60.2 Å². The number of anilines is 1. The Hall–Kier alpha value is -3.06. The normalized spacial score (nSPS) is 15.6. The number of phenolic OH excluding ortho intramolecular Hbond substituents is 1. The molecule has 0 aliphatic carbocycles. The van der Waals surface area contributed by atoms with Crippen LogP contribution < -0.4 is 10.2 Å². The average molecular weight is 397 g/mol. The Kier molecular flexibility index (Phi) is 7.08. The number of piperazine rings is 1. The van der Waals surface area contributed by atoms with Gasteiger partial charge in [0.1, 0.15) is 11.8 Å². The zero-order chi connectivity index (χ0) is 20.6. The lowest BCUT2D eigenvalue weighted by atomic mass is 10.1. The van der Waals surface area contributed by atoms with Gasteiger partial charge in [-0.15, -0.1) is 0 Å². The smallest absolute Gasteiger partial charge is 0.328 e. The zero-order valence-corrected chi connectivity index (χ0v) is 16.6. The largest absolute Gasteiger partial charge is 0.506 e. The zero-order valence-electron chi connectivity index (χ0n) is 16.6. The number of aromatic hydroxyl groups is 1. The molecule has 3 rings (SSSR count). The lowest BCUT2D eigenvalue weighted by molar-refractivity contribution is -0.145. The third-order valence-corrected chi connectivity index (χ3v) is 5.07. The fourth-order valence-electron chi connectivity index (χ4n) is 3.51. The maximum Gasteiger partial charge on any atom is 0.328 e. The standard InChI is InChI=1S/C22H27N3O4/c1-29-22(28)18(15-17-7-3-2-4-8-17)23-21(27)16-24-11-13-25(14-12-24)19-9-5-6-10-20(19)26/h2-10,18,26H,11-16H2,1H3,(H,23,27)/t18-/m0/s1. The van der Waals surface area contributed by atoms with Crippen LogP contribution in [0.4, 0.5) is 5.69 Å². The number of carbonyl (C=O) groups is 2. The minimum absolute atomic E-state index is 0.202. The summed E-state index contributed by atoms with van der Waals surface area (Å²) in [6.07, 6.45) is 0.389. The first kappa shape index (κ1) is 20.7. The number of phenols is 1. The molecule has 1 fully saturated rings. The van der Waals surface area contributed by atoms with Crippen LogP contribution in [0.2, 0.25) is 0 Å². The van der Waals surface area contributed by atoms with Gasteiger partial charge < -0.3 is 20.1 Å². The summed E-state index contributed by atoms with van der Waals surface area (Å²) >= 11 is 0. The number of esters is 1. The predicted molar refractivity (Wildman–Crippen MR) is 111 cm³/mol. The lowest BCUT2D eigenvalue weighted by Gasteiger charge is -2.36. The molecule has 0 spiro atoms. The van der Waals surface area contributed by atoms with Gasteiger partial charge in [-0.3, -0.25) is 9.69 Å². The number of methoxy groups -OCH3 is 1. The Morgan fingerprint density at radius 1 is 1.03 bits per heavy atom. The summed E-state index contributed by atoms with van der Waals surface area (Å²) < 4.78 is 4.85. The molecule has 7 heteroatoms. The molecule has 2 aromatic carbocycles. The Bertz CT molecular complexity index is 820. The van der Waals surface area contributed by atoms with Gasteiger partial charge in [0.05, 0.1) is 19.3 Å². The molecule has 154 valence electrons. The summed E-state index contributed by atoms with van der Waals surface area (Å²) in [4.78, 5) is 28.8. The van der Waals surface area contributed by atoms with Crippen molar-refractivity contribution in [1.29, 1.82) is 0 Å². The van der Waals surface area contributed by atoms with Crippen LogP contribution in [-0.4, -0.2) is 67.8 Å². The van der Waals surface area contributed by atoms with Crippen LogP contribution in [0.25, 0.3) is 0 Å². The lowest BCUT2D eigenvalue weighted by Crippen LogP contribution is -2.52. The highest BCUT2D eigenvalue weighted by atomic mass is 16.5. The molecule has 7 nitrogen and oxygen atoms in total. The molecule has 29 heavy (non-hydrogen) atoms. The van der Waals surface area contributed by atoms with Crippen molar-refractivity contribution >= 4 is 17.6 Å². The molecule has 0 radical (unpaired) electrons.